The van der Waals surface area contributed by atoms with E-state index >= 15 is 0 Å². The number of carbonyl (C=O) groups is 1. The van der Waals surface area contributed by atoms with Gasteiger partial charge >= 0.3 is 12.1 Å². The second kappa shape index (κ2) is 8.27. The van der Waals surface area contributed by atoms with Gasteiger partial charge in [0.2, 0.25) is 9.84 Å². The van der Waals surface area contributed by atoms with Crippen molar-refractivity contribution in [2.75, 3.05) is 32.6 Å². The van der Waals surface area contributed by atoms with Gasteiger partial charge in [-0.3, -0.25) is 4.79 Å². The summed E-state index contributed by atoms with van der Waals surface area (Å²) in [5.41, 5.74) is 1.79. The molecule has 10 heteroatoms. The number of anilines is 1. The number of nitrogens with one attached hydrogen (secondary N) is 1. The van der Waals surface area contributed by atoms with E-state index in [-0.39, 0.29) is 21.2 Å². The number of methoxy groups -OCH3 is 1. The van der Waals surface area contributed by atoms with E-state index in [1.54, 1.807) is 17.4 Å². The molecule has 0 fully saturated rings. The van der Waals surface area contributed by atoms with Crippen molar-refractivity contribution in [3.63, 3.8) is 0 Å². The van der Waals surface area contributed by atoms with Gasteiger partial charge in [0.05, 0.1) is 12.0 Å². The SMILES string of the molecule is COc1cc2c(cc1S(=O)(=O)c1ccc(NC(=O)C(F)(F)F)cc1)CCN(C)CC2. The number of hydrogen-bond acceptors (Lipinski definition) is 5. The van der Waals surface area contributed by atoms with Crippen LogP contribution in [-0.4, -0.2) is 52.6 Å². The van der Waals surface area contributed by atoms with E-state index in [0.717, 1.165) is 54.9 Å². The van der Waals surface area contributed by atoms with Crippen LogP contribution in [0.25, 0.3) is 0 Å². The third kappa shape index (κ3) is 4.59. The monoisotopic (exact) mass is 442 g/mol. The van der Waals surface area contributed by atoms with Gasteiger partial charge in [-0.2, -0.15) is 13.2 Å². The fraction of sp³-hybridized carbons (Fsp3) is 0.350. The zero-order chi connectivity index (χ0) is 22.1. The Morgan fingerprint density at radius 2 is 1.63 bits per heavy atom. The number of hydrogen-bond donors (Lipinski definition) is 1. The lowest BCUT2D eigenvalue weighted by Crippen LogP contribution is -2.29. The van der Waals surface area contributed by atoms with Crippen LogP contribution in [0.1, 0.15) is 11.1 Å². The van der Waals surface area contributed by atoms with Crippen molar-refractivity contribution < 1.29 is 31.1 Å². The minimum absolute atomic E-state index is 0.000352. The maximum atomic E-state index is 13.2. The number of sulfone groups is 1. The zero-order valence-electron chi connectivity index (χ0n) is 16.4. The van der Waals surface area contributed by atoms with E-state index in [1.165, 1.54) is 7.11 Å². The first-order valence-corrected chi connectivity index (χ1v) is 10.6. The molecular weight excluding hydrogens is 421 g/mol. The summed E-state index contributed by atoms with van der Waals surface area (Å²) in [6.45, 7) is 1.65. The van der Waals surface area contributed by atoms with E-state index < -0.39 is 21.9 Å². The Kier molecular flexibility index (Phi) is 6.09. The van der Waals surface area contributed by atoms with Crippen LogP contribution < -0.4 is 10.1 Å². The van der Waals surface area contributed by atoms with E-state index in [0.29, 0.717) is 6.42 Å². The van der Waals surface area contributed by atoms with Crippen LogP contribution in [0.2, 0.25) is 0 Å². The highest BCUT2D eigenvalue weighted by molar-refractivity contribution is 7.91. The van der Waals surface area contributed by atoms with Crippen LogP contribution >= 0.6 is 0 Å². The lowest BCUT2D eigenvalue weighted by molar-refractivity contribution is -0.167. The van der Waals surface area contributed by atoms with Gasteiger partial charge in [-0.25, -0.2) is 8.42 Å². The molecule has 2 aromatic carbocycles. The van der Waals surface area contributed by atoms with E-state index in [4.69, 9.17) is 4.74 Å². The number of amides is 1. The first-order chi connectivity index (χ1) is 14.0. The van der Waals surface area contributed by atoms with Crippen molar-refractivity contribution >= 4 is 21.4 Å². The summed E-state index contributed by atoms with van der Waals surface area (Å²) in [6, 6.07) is 7.88. The summed E-state index contributed by atoms with van der Waals surface area (Å²) >= 11 is 0. The number of carbonyl (C=O) groups excluding carboxylic acids is 1. The maximum Gasteiger partial charge on any atom is 0.471 e. The van der Waals surface area contributed by atoms with Gasteiger partial charge in [0, 0.05) is 18.8 Å². The number of rotatable bonds is 4. The van der Waals surface area contributed by atoms with Crippen molar-refractivity contribution in [1.29, 1.82) is 0 Å². The molecule has 1 aliphatic rings. The van der Waals surface area contributed by atoms with Crippen LogP contribution in [0.4, 0.5) is 18.9 Å². The molecule has 1 N–H and O–H groups in total. The molecule has 0 unspecified atom stereocenters. The predicted molar refractivity (Wildman–Crippen MR) is 104 cm³/mol. The highest BCUT2D eigenvalue weighted by Gasteiger charge is 2.38. The molecular formula is C20H21F3N2O4S. The molecule has 0 saturated heterocycles. The standard InChI is InChI=1S/C20H21F3N2O4S/c1-25-9-7-13-11-17(29-2)18(12-14(13)8-10-25)30(27,28)16-5-3-15(4-6-16)24-19(26)20(21,22)23/h3-6,11-12H,7-10H2,1-2H3,(H,24,26). The van der Waals surface area contributed by atoms with Crippen LogP contribution in [-0.2, 0) is 27.5 Å². The van der Waals surface area contributed by atoms with Crippen LogP contribution in [0.15, 0.2) is 46.2 Å². The van der Waals surface area contributed by atoms with E-state index in [2.05, 4.69) is 4.90 Å². The second-order valence-electron chi connectivity index (χ2n) is 7.05. The number of nitrogens with zero attached hydrogens (tertiary/aromatic N) is 1. The Hall–Kier alpha value is -2.59. The molecule has 1 heterocycles. The number of likely N-dealkylation sites (N-methyl/N-ethyl adjacent to an activating group) is 1. The normalized spacial score (nSPS) is 15.2. The lowest BCUT2D eigenvalue weighted by Gasteiger charge is -2.15. The average Bonchev–Trinajstić information content (AvgIpc) is 2.88. The van der Waals surface area contributed by atoms with Crippen molar-refractivity contribution in [2.45, 2.75) is 28.8 Å². The molecule has 1 aliphatic heterocycles. The molecule has 30 heavy (non-hydrogen) atoms. The van der Waals surface area contributed by atoms with Crippen LogP contribution in [0, 0.1) is 0 Å². The fourth-order valence-corrected chi connectivity index (χ4v) is 4.71. The maximum absolute atomic E-state index is 13.2. The van der Waals surface area contributed by atoms with Gasteiger partial charge in [-0.05, 0) is 67.4 Å². The number of halogens is 3. The van der Waals surface area contributed by atoms with Crippen molar-refractivity contribution in [1.82, 2.24) is 4.90 Å². The highest BCUT2D eigenvalue weighted by Crippen LogP contribution is 2.34. The molecule has 0 aromatic heterocycles. The molecule has 0 spiro atoms. The Balaban J connectivity index is 1.94. The Morgan fingerprint density at radius 3 is 2.17 bits per heavy atom. The summed E-state index contributed by atoms with van der Waals surface area (Å²) < 4.78 is 68.8. The van der Waals surface area contributed by atoms with E-state index in [9.17, 15) is 26.4 Å². The zero-order valence-corrected chi connectivity index (χ0v) is 17.2. The summed E-state index contributed by atoms with van der Waals surface area (Å²) in [7, 11) is -0.600. The van der Waals surface area contributed by atoms with Gasteiger partial charge in [0.15, 0.2) is 0 Å². The summed E-state index contributed by atoms with van der Waals surface area (Å²) in [4.78, 5) is 13.1. The van der Waals surface area contributed by atoms with Gasteiger partial charge in [-0.1, -0.05) is 0 Å². The molecule has 0 saturated carbocycles. The fourth-order valence-electron chi connectivity index (χ4n) is 3.26. The van der Waals surface area contributed by atoms with Crippen molar-refractivity contribution in [3.8, 4) is 5.75 Å². The second-order valence-corrected chi connectivity index (χ2v) is 8.97. The molecule has 1 amide bonds. The van der Waals surface area contributed by atoms with Crippen LogP contribution in [0.3, 0.4) is 0 Å². The number of alkyl halides is 3. The molecule has 6 nitrogen and oxygen atoms in total. The Labute approximate surface area is 172 Å². The molecule has 162 valence electrons. The van der Waals surface area contributed by atoms with Gasteiger partial charge in [0.1, 0.15) is 10.6 Å². The quantitative estimate of drug-likeness (QED) is 0.788. The molecule has 0 bridgehead atoms. The number of benzene rings is 2. The predicted octanol–water partition coefficient (Wildman–Crippen LogP) is 3.06. The molecule has 0 atom stereocenters. The molecule has 0 aliphatic carbocycles. The molecule has 2 aromatic rings. The average molecular weight is 442 g/mol. The van der Waals surface area contributed by atoms with Gasteiger partial charge in [0.25, 0.3) is 0 Å². The highest BCUT2D eigenvalue weighted by atomic mass is 32.2. The van der Waals surface area contributed by atoms with E-state index in [1.807, 2.05) is 7.05 Å². The molecule has 0 radical (unpaired) electrons. The Bertz CT molecular complexity index is 1050. The number of fused-ring (bicyclic) bond motifs is 1. The summed E-state index contributed by atoms with van der Waals surface area (Å²) in [5, 5.41) is 1.69. The number of ether oxygens (including phenoxy) is 1. The third-order valence-electron chi connectivity index (χ3n) is 4.98. The largest absolute Gasteiger partial charge is 0.495 e. The third-order valence-corrected chi connectivity index (χ3v) is 6.77. The topological polar surface area (TPSA) is 75.7 Å². The van der Waals surface area contributed by atoms with Crippen molar-refractivity contribution in [3.05, 3.63) is 47.5 Å². The summed E-state index contributed by atoms with van der Waals surface area (Å²) in [5.74, 6) is -1.91. The summed E-state index contributed by atoms with van der Waals surface area (Å²) in [6.07, 6.45) is -3.56. The van der Waals surface area contributed by atoms with Gasteiger partial charge in [-0.15, -0.1) is 0 Å². The first kappa shape index (κ1) is 22.1. The van der Waals surface area contributed by atoms with Crippen molar-refractivity contribution in [2.24, 2.45) is 0 Å². The Morgan fingerprint density at radius 1 is 1.07 bits per heavy atom. The smallest absolute Gasteiger partial charge is 0.471 e. The minimum atomic E-state index is -5.03. The van der Waals surface area contributed by atoms with Crippen LogP contribution in [0.5, 0.6) is 5.75 Å². The lowest BCUT2D eigenvalue weighted by atomic mass is 10.0. The van der Waals surface area contributed by atoms with Gasteiger partial charge < -0.3 is 15.0 Å². The minimum Gasteiger partial charge on any atom is -0.495 e. The first-order valence-electron chi connectivity index (χ1n) is 9.14. The molecule has 3 rings (SSSR count).